The maximum absolute atomic E-state index is 12.0. The fraction of sp³-hybridized carbons (Fsp3) is 0.455. The summed E-state index contributed by atoms with van der Waals surface area (Å²) >= 11 is 0. The summed E-state index contributed by atoms with van der Waals surface area (Å²) in [7, 11) is 1.56. The first-order valence-corrected chi connectivity index (χ1v) is 10.3. The van der Waals surface area contributed by atoms with Crippen LogP contribution in [-0.4, -0.2) is 49.6 Å². The summed E-state index contributed by atoms with van der Waals surface area (Å²) in [6.45, 7) is 0.827. The van der Waals surface area contributed by atoms with Crippen molar-refractivity contribution in [2.75, 3.05) is 13.7 Å². The highest BCUT2D eigenvalue weighted by Gasteiger charge is 2.20. The Morgan fingerprint density at radius 3 is 2.42 bits per heavy atom. The fourth-order valence-electron chi connectivity index (χ4n) is 3.10. The van der Waals surface area contributed by atoms with Gasteiger partial charge in [-0.2, -0.15) is 0 Å². The molecule has 1 aliphatic carbocycles. The largest absolute Gasteiger partial charge is 0.497 e. The van der Waals surface area contributed by atoms with E-state index in [4.69, 9.17) is 9.47 Å². The van der Waals surface area contributed by atoms with Crippen molar-refractivity contribution in [2.24, 2.45) is 0 Å². The van der Waals surface area contributed by atoms with Gasteiger partial charge in [0.2, 0.25) is 5.91 Å². The molecule has 1 fully saturated rings. The lowest BCUT2D eigenvalue weighted by molar-refractivity contribution is -0.150. The van der Waals surface area contributed by atoms with Gasteiger partial charge >= 0.3 is 12.0 Å². The number of esters is 1. The number of ether oxygens (including phenoxy) is 2. The monoisotopic (exact) mass is 431 g/mol. The van der Waals surface area contributed by atoms with Crippen LogP contribution in [-0.2, 0) is 19.1 Å². The molecule has 4 amide bonds. The van der Waals surface area contributed by atoms with Crippen LogP contribution in [0.25, 0.3) is 6.08 Å². The molecule has 1 saturated carbocycles. The van der Waals surface area contributed by atoms with Gasteiger partial charge in [-0.05, 0) is 43.5 Å². The Bertz CT molecular complexity index is 800. The third kappa shape index (κ3) is 8.90. The molecule has 1 aromatic rings. The van der Waals surface area contributed by atoms with Crippen molar-refractivity contribution in [1.82, 2.24) is 16.0 Å². The van der Waals surface area contributed by atoms with Gasteiger partial charge in [0.25, 0.3) is 5.91 Å². The topological polar surface area (TPSA) is 123 Å². The van der Waals surface area contributed by atoms with Gasteiger partial charge in [-0.15, -0.1) is 0 Å². The number of methoxy groups -OCH3 is 1. The van der Waals surface area contributed by atoms with Crippen LogP contribution in [0.15, 0.2) is 30.3 Å². The number of amides is 4. The van der Waals surface area contributed by atoms with Crippen molar-refractivity contribution in [1.29, 1.82) is 0 Å². The molecular weight excluding hydrogens is 402 g/mol. The van der Waals surface area contributed by atoms with Gasteiger partial charge < -0.3 is 20.1 Å². The zero-order valence-electron chi connectivity index (χ0n) is 17.8. The lowest BCUT2D eigenvalue weighted by Crippen LogP contribution is -2.47. The highest BCUT2D eigenvalue weighted by Crippen LogP contribution is 2.17. The minimum Gasteiger partial charge on any atom is -0.497 e. The van der Waals surface area contributed by atoms with Crippen LogP contribution in [0.4, 0.5) is 4.79 Å². The number of hydrogen-bond acceptors (Lipinski definition) is 6. The highest BCUT2D eigenvalue weighted by molar-refractivity contribution is 5.97. The first-order valence-electron chi connectivity index (χ1n) is 10.3. The lowest BCUT2D eigenvalue weighted by Gasteiger charge is -2.22. The highest BCUT2D eigenvalue weighted by atomic mass is 16.5. The molecule has 9 nitrogen and oxygen atoms in total. The number of urea groups is 1. The van der Waals surface area contributed by atoms with Gasteiger partial charge in [0.15, 0.2) is 6.61 Å². The summed E-state index contributed by atoms with van der Waals surface area (Å²) in [5.74, 6) is -1.31. The maximum Gasteiger partial charge on any atom is 0.328 e. The van der Waals surface area contributed by atoms with Crippen LogP contribution in [0.1, 0.15) is 44.6 Å². The molecule has 31 heavy (non-hydrogen) atoms. The van der Waals surface area contributed by atoms with Crippen LogP contribution >= 0.6 is 0 Å². The van der Waals surface area contributed by atoms with E-state index in [0.717, 1.165) is 37.7 Å². The van der Waals surface area contributed by atoms with E-state index in [1.165, 1.54) is 13.0 Å². The van der Waals surface area contributed by atoms with E-state index in [1.54, 1.807) is 37.5 Å². The minimum atomic E-state index is -0.961. The summed E-state index contributed by atoms with van der Waals surface area (Å²) < 4.78 is 9.93. The molecule has 0 aromatic heterocycles. The number of rotatable bonds is 8. The average molecular weight is 431 g/mol. The number of hydrogen-bond donors (Lipinski definition) is 3. The van der Waals surface area contributed by atoms with Gasteiger partial charge in [-0.3, -0.25) is 14.9 Å². The molecular formula is C22H29N3O6. The predicted molar refractivity (Wildman–Crippen MR) is 114 cm³/mol. The third-order valence-electron chi connectivity index (χ3n) is 4.79. The molecule has 1 aliphatic rings. The zero-order valence-corrected chi connectivity index (χ0v) is 17.8. The molecule has 0 aliphatic heterocycles. The van der Waals surface area contributed by atoms with Gasteiger partial charge in [-0.1, -0.05) is 31.4 Å². The van der Waals surface area contributed by atoms with Crippen molar-refractivity contribution in [3.63, 3.8) is 0 Å². The molecule has 1 atom stereocenters. The van der Waals surface area contributed by atoms with Crippen molar-refractivity contribution in [2.45, 2.75) is 51.1 Å². The molecule has 0 heterocycles. The second-order valence-corrected chi connectivity index (χ2v) is 7.30. The van der Waals surface area contributed by atoms with Crippen molar-refractivity contribution >= 4 is 29.9 Å². The molecule has 0 spiro atoms. The Kier molecular flexibility index (Phi) is 9.54. The van der Waals surface area contributed by atoms with E-state index >= 15 is 0 Å². The van der Waals surface area contributed by atoms with E-state index in [-0.39, 0.29) is 6.04 Å². The van der Waals surface area contributed by atoms with Gasteiger partial charge in [0, 0.05) is 12.1 Å². The summed E-state index contributed by atoms with van der Waals surface area (Å²) in [5, 5.41) is 7.33. The molecule has 168 valence electrons. The molecule has 2 rings (SSSR count). The summed E-state index contributed by atoms with van der Waals surface area (Å²) in [6.07, 6.45) is 7.91. The summed E-state index contributed by atoms with van der Waals surface area (Å²) in [5.41, 5.74) is 0.786. The minimum absolute atomic E-state index is 0.0605. The Balaban J connectivity index is 1.68. The number of benzene rings is 1. The lowest BCUT2D eigenvalue weighted by atomic mass is 9.96. The average Bonchev–Trinajstić information content (AvgIpc) is 2.76. The molecule has 9 heteroatoms. The Hall–Kier alpha value is -3.36. The molecule has 0 saturated heterocycles. The van der Waals surface area contributed by atoms with Crippen LogP contribution in [0.5, 0.6) is 5.75 Å². The molecule has 1 aromatic carbocycles. The SMILES string of the molecule is COc1ccc(C=CC(=O)N[C@@H](C)C(=O)OCC(=O)NC(=O)NC2CCCCC2)cc1. The van der Waals surface area contributed by atoms with E-state index < -0.39 is 36.5 Å². The van der Waals surface area contributed by atoms with Crippen molar-refractivity contribution in [3.8, 4) is 5.75 Å². The Labute approximate surface area is 181 Å². The molecule has 0 bridgehead atoms. The first-order chi connectivity index (χ1) is 14.9. The van der Waals surface area contributed by atoms with Crippen LogP contribution < -0.4 is 20.7 Å². The van der Waals surface area contributed by atoms with Crippen molar-refractivity contribution < 1.29 is 28.7 Å². The Morgan fingerprint density at radius 1 is 1.10 bits per heavy atom. The number of imide groups is 1. The first kappa shape index (κ1) is 23.9. The van der Waals surface area contributed by atoms with Crippen LogP contribution in [0.3, 0.4) is 0 Å². The Morgan fingerprint density at radius 2 is 1.77 bits per heavy atom. The number of carbonyl (C=O) groups excluding carboxylic acids is 4. The molecule has 3 N–H and O–H groups in total. The normalized spacial score (nSPS) is 15.0. The molecule has 0 unspecified atom stereocenters. The second kappa shape index (κ2) is 12.4. The molecule has 0 radical (unpaired) electrons. The van der Waals surface area contributed by atoms with Gasteiger partial charge in [0.1, 0.15) is 11.8 Å². The summed E-state index contributed by atoms with van der Waals surface area (Å²) in [4.78, 5) is 47.5. The third-order valence-corrected chi connectivity index (χ3v) is 4.79. The quantitative estimate of drug-likeness (QED) is 0.427. The van der Waals surface area contributed by atoms with Gasteiger partial charge in [0.05, 0.1) is 7.11 Å². The van der Waals surface area contributed by atoms with E-state index in [1.807, 2.05) is 0 Å². The van der Waals surface area contributed by atoms with E-state index in [0.29, 0.717) is 5.75 Å². The van der Waals surface area contributed by atoms with Gasteiger partial charge in [-0.25, -0.2) is 9.59 Å². The van der Waals surface area contributed by atoms with E-state index in [9.17, 15) is 19.2 Å². The van der Waals surface area contributed by atoms with E-state index in [2.05, 4.69) is 16.0 Å². The predicted octanol–water partition coefficient (Wildman–Crippen LogP) is 1.91. The fourth-order valence-corrected chi connectivity index (χ4v) is 3.10. The number of nitrogens with one attached hydrogen (secondary N) is 3. The number of carbonyl (C=O) groups is 4. The van der Waals surface area contributed by atoms with Crippen LogP contribution in [0, 0.1) is 0 Å². The second-order valence-electron chi connectivity index (χ2n) is 7.30. The maximum atomic E-state index is 12.0. The smallest absolute Gasteiger partial charge is 0.328 e. The van der Waals surface area contributed by atoms with Crippen molar-refractivity contribution in [3.05, 3.63) is 35.9 Å². The zero-order chi connectivity index (χ0) is 22.6. The summed E-state index contributed by atoms with van der Waals surface area (Å²) in [6, 6.07) is 5.59. The standard InChI is InChI=1S/C22H29N3O6/c1-15(23-19(26)13-10-16-8-11-18(30-2)12-9-16)21(28)31-14-20(27)25-22(29)24-17-6-4-3-5-7-17/h8-13,15,17H,3-7,14H2,1-2H3,(H,23,26)(H2,24,25,27,29)/t15-/m0/s1. The van der Waals surface area contributed by atoms with Crippen LogP contribution in [0.2, 0.25) is 0 Å².